The molecule has 5 heteroatoms. The maximum Gasteiger partial charge on any atom is 0.261 e. The highest BCUT2D eigenvalue weighted by Gasteiger charge is 2.26. The summed E-state index contributed by atoms with van der Waals surface area (Å²) < 4.78 is 5.74. The lowest BCUT2D eigenvalue weighted by molar-refractivity contribution is -0.142. The van der Waals surface area contributed by atoms with Crippen LogP contribution in [0.4, 0.5) is 0 Å². The number of aryl methyl sites for hydroxylation is 2. The molecule has 0 fully saturated rings. The standard InChI is InChI=1S/C23H30N2O3/c1-16(2)24-23(27)19(5)25(14-20-9-7-6-8-10-20)22(26)15-28-21-12-17(3)11-18(4)13-21/h6-13,16,19H,14-15H2,1-5H3,(H,24,27)/t19-/m0/s1. The van der Waals surface area contributed by atoms with Crippen molar-refractivity contribution in [3.63, 3.8) is 0 Å². The lowest BCUT2D eigenvalue weighted by atomic mass is 10.1. The van der Waals surface area contributed by atoms with Crippen LogP contribution in [0.2, 0.25) is 0 Å². The van der Waals surface area contributed by atoms with Gasteiger partial charge in [0, 0.05) is 12.6 Å². The van der Waals surface area contributed by atoms with Crippen LogP contribution in [-0.4, -0.2) is 35.4 Å². The number of nitrogens with one attached hydrogen (secondary N) is 1. The third-order valence-electron chi connectivity index (χ3n) is 4.35. The first-order valence-electron chi connectivity index (χ1n) is 9.61. The molecule has 150 valence electrons. The van der Waals surface area contributed by atoms with Crippen LogP contribution in [0.1, 0.15) is 37.5 Å². The second kappa shape index (κ2) is 9.93. The topological polar surface area (TPSA) is 58.6 Å². The molecule has 5 nitrogen and oxygen atoms in total. The summed E-state index contributed by atoms with van der Waals surface area (Å²) >= 11 is 0. The maximum absolute atomic E-state index is 12.9. The number of rotatable bonds is 8. The summed E-state index contributed by atoms with van der Waals surface area (Å²) in [5, 5.41) is 2.88. The molecule has 0 heterocycles. The highest BCUT2D eigenvalue weighted by molar-refractivity contribution is 5.88. The lowest BCUT2D eigenvalue weighted by Gasteiger charge is -2.29. The summed E-state index contributed by atoms with van der Waals surface area (Å²) in [4.78, 5) is 27.0. The quantitative estimate of drug-likeness (QED) is 0.759. The summed E-state index contributed by atoms with van der Waals surface area (Å²) in [5.41, 5.74) is 3.12. The van der Waals surface area contributed by atoms with Crippen LogP contribution in [0.25, 0.3) is 0 Å². The van der Waals surface area contributed by atoms with Gasteiger partial charge in [0.1, 0.15) is 11.8 Å². The van der Waals surface area contributed by atoms with Gasteiger partial charge in [0.2, 0.25) is 5.91 Å². The van der Waals surface area contributed by atoms with Crippen LogP contribution in [-0.2, 0) is 16.1 Å². The zero-order valence-electron chi connectivity index (χ0n) is 17.4. The van der Waals surface area contributed by atoms with Crippen LogP contribution >= 0.6 is 0 Å². The smallest absolute Gasteiger partial charge is 0.261 e. The summed E-state index contributed by atoms with van der Waals surface area (Å²) in [6.45, 7) is 9.75. The molecule has 0 bridgehead atoms. The molecule has 0 aliphatic heterocycles. The van der Waals surface area contributed by atoms with E-state index in [4.69, 9.17) is 4.74 Å². The number of amides is 2. The SMILES string of the molecule is Cc1cc(C)cc(OCC(=O)N(Cc2ccccc2)[C@@H](C)C(=O)NC(C)C)c1. The molecule has 0 aromatic heterocycles. The van der Waals surface area contributed by atoms with E-state index in [1.165, 1.54) is 0 Å². The fourth-order valence-corrected chi connectivity index (χ4v) is 3.01. The number of ether oxygens (including phenoxy) is 1. The van der Waals surface area contributed by atoms with Gasteiger partial charge in [0.15, 0.2) is 6.61 Å². The summed E-state index contributed by atoms with van der Waals surface area (Å²) in [6, 6.07) is 14.9. The van der Waals surface area contributed by atoms with Crippen molar-refractivity contribution in [2.45, 2.75) is 53.2 Å². The van der Waals surface area contributed by atoms with Gasteiger partial charge in [-0.3, -0.25) is 9.59 Å². The minimum atomic E-state index is -0.599. The van der Waals surface area contributed by atoms with E-state index in [1.807, 2.05) is 70.2 Å². The van der Waals surface area contributed by atoms with E-state index in [-0.39, 0.29) is 24.5 Å². The van der Waals surface area contributed by atoms with Gasteiger partial charge in [-0.2, -0.15) is 0 Å². The first-order chi connectivity index (χ1) is 13.3. The predicted octanol–water partition coefficient (Wildman–Crippen LogP) is 3.62. The van der Waals surface area contributed by atoms with Crippen molar-refractivity contribution < 1.29 is 14.3 Å². The highest BCUT2D eigenvalue weighted by atomic mass is 16.5. The maximum atomic E-state index is 12.9. The number of nitrogens with zero attached hydrogens (tertiary/aromatic N) is 1. The second-order valence-electron chi connectivity index (χ2n) is 7.46. The lowest BCUT2D eigenvalue weighted by Crippen LogP contribution is -2.50. The Morgan fingerprint density at radius 1 is 1.00 bits per heavy atom. The third kappa shape index (κ3) is 6.41. The van der Waals surface area contributed by atoms with Gasteiger partial charge in [0.05, 0.1) is 0 Å². The monoisotopic (exact) mass is 382 g/mol. The van der Waals surface area contributed by atoms with Gasteiger partial charge in [-0.1, -0.05) is 36.4 Å². The number of carbonyl (C=O) groups is 2. The van der Waals surface area contributed by atoms with Crippen molar-refractivity contribution in [3.8, 4) is 5.75 Å². The van der Waals surface area contributed by atoms with Gasteiger partial charge in [-0.05, 0) is 63.4 Å². The van der Waals surface area contributed by atoms with Crippen LogP contribution in [0.5, 0.6) is 5.75 Å². The largest absolute Gasteiger partial charge is 0.484 e. The Balaban J connectivity index is 2.14. The average molecular weight is 383 g/mol. The van der Waals surface area contributed by atoms with Crippen LogP contribution in [0.15, 0.2) is 48.5 Å². The Hall–Kier alpha value is -2.82. The zero-order chi connectivity index (χ0) is 20.7. The minimum absolute atomic E-state index is 0.00939. The molecular formula is C23H30N2O3. The number of benzene rings is 2. The molecule has 2 aromatic carbocycles. The number of hydrogen-bond donors (Lipinski definition) is 1. The van der Waals surface area contributed by atoms with Crippen molar-refractivity contribution in [1.29, 1.82) is 0 Å². The fourth-order valence-electron chi connectivity index (χ4n) is 3.01. The highest BCUT2D eigenvalue weighted by Crippen LogP contribution is 2.17. The molecule has 1 atom stereocenters. The normalized spacial score (nSPS) is 11.8. The fraction of sp³-hybridized carbons (Fsp3) is 0.391. The summed E-state index contributed by atoms with van der Waals surface area (Å²) in [7, 11) is 0. The van der Waals surface area contributed by atoms with Crippen molar-refractivity contribution in [1.82, 2.24) is 10.2 Å². The van der Waals surface area contributed by atoms with Gasteiger partial charge in [-0.25, -0.2) is 0 Å². The molecule has 0 radical (unpaired) electrons. The van der Waals surface area contributed by atoms with E-state index in [0.717, 1.165) is 16.7 Å². The van der Waals surface area contributed by atoms with Gasteiger partial charge < -0.3 is 15.0 Å². The number of carbonyl (C=O) groups excluding carboxylic acids is 2. The molecule has 28 heavy (non-hydrogen) atoms. The van der Waals surface area contributed by atoms with Crippen LogP contribution in [0.3, 0.4) is 0 Å². The molecule has 0 spiro atoms. The summed E-state index contributed by atoms with van der Waals surface area (Å²) in [6.07, 6.45) is 0. The van der Waals surface area contributed by atoms with E-state index < -0.39 is 6.04 Å². The molecule has 0 aliphatic carbocycles. The second-order valence-corrected chi connectivity index (χ2v) is 7.46. The average Bonchev–Trinajstić information content (AvgIpc) is 2.63. The molecule has 2 amide bonds. The molecule has 0 saturated heterocycles. The molecule has 0 aliphatic rings. The molecule has 0 unspecified atom stereocenters. The minimum Gasteiger partial charge on any atom is -0.484 e. The molecular weight excluding hydrogens is 352 g/mol. The Morgan fingerprint density at radius 3 is 2.18 bits per heavy atom. The third-order valence-corrected chi connectivity index (χ3v) is 4.35. The van der Waals surface area contributed by atoms with E-state index in [0.29, 0.717) is 12.3 Å². The first-order valence-corrected chi connectivity index (χ1v) is 9.61. The van der Waals surface area contributed by atoms with E-state index in [2.05, 4.69) is 11.4 Å². The zero-order valence-corrected chi connectivity index (χ0v) is 17.4. The predicted molar refractivity (Wildman–Crippen MR) is 111 cm³/mol. The molecule has 2 aromatic rings. The summed E-state index contributed by atoms with van der Waals surface area (Å²) in [5.74, 6) is 0.255. The van der Waals surface area contributed by atoms with E-state index in [9.17, 15) is 9.59 Å². The van der Waals surface area contributed by atoms with Crippen LogP contribution < -0.4 is 10.1 Å². The Bertz CT molecular complexity index is 782. The van der Waals surface area contributed by atoms with Gasteiger partial charge >= 0.3 is 0 Å². The van der Waals surface area contributed by atoms with Crippen molar-refractivity contribution >= 4 is 11.8 Å². The Labute approximate surface area is 167 Å². The first kappa shape index (κ1) is 21.5. The molecule has 2 rings (SSSR count). The number of hydrogen-bond acceptors (Lipinski definition) is 3. The Morgan fingerprint density at radius 2 is 1.61 bits per heavy atom. The molecule has 1 N–H and O–H groups in total. The van der Waals surface area contributed by atoms with Gasteiger partial charge in [-0.15, -0.1) is 0 Å². The van der Waals surface area contributed by atoms with E-state index >= 15 is 0 Å². The Kier molecular flexibility index (Phi) is 7.61. The van der Waals surface area contributed by atoms with Gasteiger partial charge in [0.25, 0.3) is 5.91 Å². The van der Waals surface area contributed by atoms with Crippen molar-refractivity contribution in [2.24, 2.45) is 0 Å². The van der Waals surface area contributed by atoms with E-state index in [1.54, 1.807) is 11.8 Å². The molecule has 0 saturated carbocycles. The van der Waals surface area contributed by atoms with Crippen molar-refractivity contribution in [3.05, 3.63) is 65.2 Å². The van der Waals surface area contributed by atoms with Crippen molar-refractivity contribution in [2.75, 3.05) is 6.61 Å². The van der Waals surface area contributed by atoms with Crippen LogP contribution in [0, 0.1) is 13.8 Å².